The zero-order valence-electron chi connectivity index (χ0n) is 35.1. The summed E-state index contributed by atoms with van der Waals surface area (Å²) in [5, 5.41) is 4.56. The Labute approximate surface area is 355 Å². The molecule has 0 amide bonds. The van der Waals surface area contributed by atoms with Crippen LogP contribution in [0.15, 0.2) is 160 Å². The number of benzene rings is 7. The highest BCUT2D eigenvalue weighted by atomic mass is 16.3. The van der Waals surface area contributed by atoms with Gasteiger partial charge in [0.1, 0.15) is 16.8 Å². The second kappa shape index (κ2) is 12.1. The number of anilines is 6. The van der Waals surface area contributed by atoms with Crippen molar-refractivity contribution in [2.45, 2.75) is 58.3 Å². The molecule has 1 aliphatic carbocycles. The first-order chi connectivity index (χ1) is 29.7. The third-order valence-electron chi connectivity index (χ3n) is 14.3. The van der Waals surface area contributed by atoms with Crippen LogP contribution in [0.3, 0.4) is 0 Å². The largest absolute Gasteiger partial charge is 0.466 e. The lowest BCUT2D eigenvalue weighted by Gasteiger charge is -2.44. The van der Waals surface area contributed by atoms with Crippen LogP contribution in [0, 0.1) is 6.92 Å². The number of hydrogen-bond donors (Lipinski definition) is 0. The molecule has 0 unspecified atom stereocenters. The fourth-order valence-corrected chi connectivity index (χ4v) is 11.2. The fourth-order valence-electron chi connectivity index (χ4n) is 11.2. The number of nitrogens with zero attached hydrogens (tertiary/aromatic N) is 3. The topological polar surface area (TPSA) is 37.7 Å². The Kier molecular flexibility index (Phi) is 6.92. The standard InChI is InChI=1S/C55H44BN3O2/c1-33-29-42-43(55(4,5)28-27-54(42,2)3)32-44(33)58-45-31-36(57(34-17-8-6-9-18-34)35-19-10-7-11-20-35)30-41-37-23-16-24-40-48-38-21-12-14-25-46(38)61-53(48)59(50(37)40)56(49(41)45)52-51(58)39-22-13-15-26-47(39)60-52/h6-26,29-32H,27-28H2,1-5H3. The van der Waals surface area contributed by atoms with Crippen molar-refractivity contribution in [3.8, 4) is 11.1 Å². The Morgan fingerprint density at radius 2 is 1.16 bits per heavy atom. The van der Waals surface area contributed by atoms with Gasteiger partial charge in [0.25, 0.3) is 0 Å². The van der Waals surface area contributed by atoms with E-state index < -0.39 is 0 Å². The second-order valence-electron chi connectivity index (χ2n) is 18.8. The van der Waals surface area contributed by atoms with E-state index in [2.05, 4.69) is 201 Å². The number of aryl methyl sites for hydroxylation is 1. The number of furan rings is 2. The molecule has 294 valence electrons. The first-order valence-electron chi connectivity index (χ1n) is 21.7. The molecule has 5 heterocycles. The minimum Gasteiger partial charge on any atom is -0.466 e. The van der Waals surface area contributed by atoms with E-state index >= 15 is 0 Å². The zero-order valence-corrected chi connectivity index (χ0v) is 35.1. The van der Waals surface area contributed by atoms with Crippen LogP contribution in [0.25, 0.3) is 55.1 Å². The average molecular weight is 790 g/mol. The quantitative estimate of drug-likeness (QED) is 0.166. The van der Waals surface area contributed by atoms with E-state index in [4.69, 9.17) is 8.83 Å². The van der Waals surface area contributed by atoms with E-state index in [1.807, 2.05) is 0 Å². The van der Waals surface area contributed by atoms with Gasteiger partial charge in [-0.25, -0.2) is 0 Å². The molecule has 3 aromatic heterocycles. The average Bonchev–Trinajstić information content (AvgIpc) is 3.95. The van der Waals surface area contributed by atoms with Gasteiger partial charge in [-0.2, -0.15) is 0 Å². The van der Waals surface area contributed by atoms with Crippen molar-refractivity contribution in [3.05, 3.63) is 168 Å². The molecule has 13 rings (SSSR count). The normalized spacial score (nSPS) is 15.7. The SMILES string of the molecule is Cc1cc2c(cc1N1c3cc(N(c4ccccc4)c4ccccc4)cc4c3B(c3oc5ccccc5c31)n1c3oc5ccccc5c3c3cccc-4c31)C(C)(C)CCC2(C)C. The van der Waals surface area contributed by atoms with E-state index in [0.717, 1.165) is 73.6 Å². The molecule has 0 atom stereocenters. The summed E-state index contributed by atoms with van der Waals surface area (Å²) in [6.07, 6.45) is 2.30. The summed E-state index contributed by atoms with van der Waals surface area (Å²) in [5.74, 6) is 0. The molecule has 0 saturated heterocycles. The van der Waals surface area contributed by atoms with Crippen LogP contribution in [-0.2, 0) is 10.8 Å². The predicted octanol–water partition coefficient (Wildman–Crippen LogP) is 13.8. The molecule has 0 saturated carbocycles. The maximum absolute atomic E-state index is 7.26. The summed E-state index contributed by atoms with van der Waals surface area (Å²) in [6, 6.07) is 55.3. The predicted molar refractivity (Wildman–Crippen MR) is 254 cm³/mol. The number of aromatic nitrogens is 1. The summed E-state index contributed by atoms with van der Waals surface area (Å²) < 4.78 is 16.7. The molecule has 3 aliphatic rings. The van der Waals surface area contributed by atoms with Crippen LogP contribution in [-0.4, -0.2) is 11.3 Å². The lowest BCUT2D eigenvalue weighted by Crippen LogP contribution is -2.56. The summed E-state index contributed by atoms with van der Waals surface area (Å²) in [7, 11) is 0. The smallest absolute Gasteiger partial charge is 0.378 e. The molecule has 2 aliphatic heterocycles. The first-order valence-corrected chi connectivity index (χ1v) is 21.7. The van der Waals surface area contributed by atoms with Gasteiger partial charge in [-0.15, -0.1) is 0 Å². The highest BCUT2D eigenvalue weighted by Crippen LogP contribution is 2.54. The van der Waals surface area contributed by atoms with Gasteiger partial charge < -0.3 is 23.1 Å². The summed E-state index contributed by atoms with van der Waals surface area (Å²) in [5.41, 5.74) is 19.3. The van der Waals surface area contributed by atoms with Crippen LogP contribution < -0.4 is 20.9 Å². The third kappa shape index (κ3) is 4.68. The van der Waals surface area contributed by atoms with Gasteiger partial charge in [0.15, 0.2) is 5.71 Å². The summed E-state index contributed by atoms with van der Waals surface area (Å²) in [6.45, 7) is 11.7. The highest BCUT2D eigenvalue weighted by Gasteiger charge is 2.48. The van der Waals surface area contributed by atoms with Crippen molar-refractivity contribution in [2.75, 3.05) is 9.80 Å². The van der Waals surface area contributed by atoms with E-state index in [9.17, 15) is 0 Å². The number of para-hydroxylation sites is 5. The molecular weight excluding hydrogens is 745 g/mol. The first kappa shape index (κ1) is 34.9. The highest BCUT2D eigenvalue weighted by molar-refractivity contribution is 6.89. The van der Waals surface area contributed by atoms with E-state index in [0.29, 0.717) is 0 Å². The molecule has 0 bridgehead atoms. The fraction of sp³-hybridized carbons (Fsp3) is 0.164. The number of hydrogen-bond acceptors (Lipinski definition) is 4. The maximum atomic E-state index is 7.26. The van der Waals surface area contributed by atoms with Crippen molar-refractivity contribution >= 4 is 96.0 Å². The third-order valence-corrected chi connectivity index (χ3v) is 14.3. The number of rotatable bonds is 4. The van der Waals surface area contributed by atoms with Crippen LogP contribution in [0.5, 0.6) is 0 Å². The van der Waals surface area contributed by atoms with E-state index in [1.165, 1.54) is 56.3 Å². The van der Waals surface area contributed by atoms with Crippen LogP contribution in [0.2, 0.25) is 0 Å². The van der Waals surface area contributed by atoms with Gasteiger partial charge in [-0.3, -0.25) is 0 Å². The molecule has 0 N–H and O–H groups in total. The second-order valence-corrected chi connectivity index (χ2v) is 18.8. The summed E-state index contributed by atoms with van der Waals surface area (Å²) >= 11 is 0. The van der Waals surface area contributed by atoms with Crippen molar-refractivity contribution < 1.29 is 8.83 Å². The van der Waals surface area contributed by atoms with Crippen LogP contribution >= 0.6 is 0 Å². The van der Waals surface area contributed by atoms with Crippen molar-refractivity contribution in [1.82, 2.24) is 4.48 Å². The summed E-state index contributed by atoms with van der Waals surface area (Å²) in [4.78, 5) is 4.97. The molecule has 7 aromatic carbocycles. The molecule has 5 nitrogen and oxygen atoms in total. The molecule has 6 heteroatoms. The molecule has 61 heavy (non-hydrogen) atoms. The Morgan fingerprint density at radius 3 is 1.87 bits per heavy atom. The minimum absolute atomic E-state index is 0.0220. The van der Waals surface area contributed by atoms with E-state index in [-0.39, 0.29) is 17.7 Å². The van der Waals surface area contributed by atoms with Crippen molar-refractivity contribution in [3.63, 3.8) is 0 Å². The Morgan fingerprint density at radius 1 is 0.557 bits per heavy atom. The Hall–Kier alpha value is -6.92. The molecule has 10 aromatic rings. The van der Waals surface area contributed by atoms with Crippen molar-refractivity contribution in [1.29, 1.82) is 0 Å². The lowest BCUT2D eigenvalue weighted by molar-refractivity contribution is 0.332. The van der Waals surface area contributed by atoms with Crippen molar-refractivity contribution in [2.24, 2.45) is 0 Å². The Balaban J connectivity index is 1.21. The number of fused-ring (bicyclic) bond motifs is 12. The maximum Gasteiger partial charge on any atom is 0.378 e. The van der Waals surface area contributed by atoms with Gasteiger partial charge >= 0.3 is 6.85 Å². The monoisotopic (exact) mass is 789 g/mol. The molecular formula is C55H44BN3O2. The van der Waals surface area contributed by atoms with Gasteiger partial charge in [0.2, 0.25) is 0 Å². The molecule has 0 radical (unpaired) electrons. The van der Waals surface area contributed by atoms with Gasteiger partial charge in [-0.05, 0) is 119 Å². The molecule has 0 spiro atoms. The van der Waals surface area contributed by atoms with Gasteiger partial charge in [0, 0.05) is 55.7 Å². The van der Waals surface area contributed by atoms with Crippen LogP contribution in [0.4, 0.5) is 34.1 Å². The van der Waals surface area contributed by atoms with Crippen LogP contribution in [0.1, 0.15) is 57.2 Å². The molecule has 0 fully saturated rings. The zero-order chi connectivity index (χ0) is 40.9. The Bertz CT molecular complexity index is 3420. The van der Waals surface area contributed by atoms with Gasteiger partial charge in [0.05, 0.1) is 11.1 Å². The van der Waals surface area contributed by atoms with Gasteiger partial charge in [-0.1, -0.05) is 119 Å². The lowest BCUT2D eigenvalue weighted by atomic mass is 9.47. The van der Waals surface area contributed by atoms with E-state index in [1.54, 1.807) is 0 Å². The minimum atomic E-state index is -0.289.